The number of aliphatic imine (C=N–C) groups is 1. The molecule has 0 amide bonds. The molecule has 8 heteroatoms. The first kappa shape index (κ1) is 17.9. The van der Waals surface area contributed by atoms with E-state index in [2.05, 4.69) is 41.1 Å². The third kappa shape index (κ3) is 4.38. The topological polar surface area (TPSA) is 72.8 Å². The van der Waals surface area contributed by atoms with Gasteiger partial charge in [-0.25, -0.2) is 15.0 Å². The van der Waals surface area contributed by atoms with Crippen molar-refractivity contribution in [2.24, 2.45) is 4.99 Å². The van der Waals surface area contributed by atoms with Gasteiger partial charge in [-0.15, -0.1) is 0 Å². The van der Waals surface area contributed by atoms with Crippen LogP contribution in [0.25, 0.3) is 0 Å². The second kappa shape index (κ2) is 8.46. The highest BCUT2D eigenvalue weighted by molar-refractivity contribution is 5.80. The molecule has 0 bridgehead atoms. The second-order valence-corrected chi connectivity index (χ2v) is 6.34. The summed E-state index contributed by atoms with van der Waals surface area (Å²) in [5.41, 5.74) is 1.18. The van der Waals surface area contributed by atoms with Crippen LogP contribution in [0, 0.1) is 0 Å². The molecule has 0 radical (unpaired) electrons. The molecule has 26 heavy (non-hydrogen) atoms. The molecule has 2 aromatic heterocycles. The van der Waals surface area contributed by atoms with Gasteiger partial charge < -0.3 is 20.0 Å². The smallest absolute Gasteiger partial charge is 0.225 e. The molecule has 1 aliphatic rings. The summed E-state index contributed by atoms with van der Waals surface area (Å²) in [6.45, 7) is 4.25. The standard InChI is InChI=1S/C18H26N8/c1-19-17(23-14-15-5-8-20-16(13-15)24(2)3)25-9-11-26(12-10-25)18-21-6-4-7-22-18/h4-8,13H,9-12,14H2,1-3H3,(H,19,23). The Morgan fingerprint density at radius 1 is 1.12 bits per heavy atom. The van der Waals surface area contributed by atoms with Crippen LogP contribution < -0.4 is 15.1 Å². The molecule has 0 aliphatic carbocycles. The molecule has 3 rings (SSSR count). The first-order valence-electron chi connectivity index (χ1n) is 8.77. The highest BCUT2D eigenvalue weighted by atomic mass is 15.4. The molecule has 3 heterocycles. The summed E-state index contributed by atoms with van der Waals surface area (Å²) in [7, 11) is 5.82. The summed E-state index contributed by atoms with van der Waals surface area (Å²) >= 11 is 0. The molecular formula is C18H26N8. The summed E-state index contributed by atoms with van der Waals surface area (Å²) in [6.07, 6.45) is 5.41. The lowest BCUT2D eigenvalue weighted by Gasteiger charge is -2.36. The monoisotopic (exact) mass is 354 g/mol. The average Bonchev–Trinajstić information content (AvgIpc) is 2.70. The lowest BCUT2D eigenvalue weighted by Crippen LogP contribution is -2.52. The Morgan fingerprint density at radius 2 is 1.85 bits per heavy atom. The van der Waals surface area contributed by atoms with Crippen LogP contribution in [0.2, 0.25) is 0 Å². The van der Waals surface area contributed by atoms with Crippen molar-refractivity contribution in [1.82, 2.24) is 25.2 Å². The largest absolute Gasteiger partial charge is 0.363 e. The highest BCUT2D eigenvalue weighted by Gasteiger charge is 2.20. The van der Waals surface area contributed by atoms with Gasteiger partial charge in [-0.05, 0) is 23.8 Å². The molecule has 138 valence electrons. The van der Waals surface area contributed by atoms with E-state index in [1.54, 1.807) is 12.4 Å². The van der Waals surface area contributed by atoms with Gasteiger partial charge >= 0.3 is 0 Å². The molecule has 0 aromatic carbocycles. The van der Waals surface area contributed by atoms with Gasteiger partial charge in [0.25, 0.3) is 0 Å². The predicted molar refractivity (Wildman–Crippen MR) is 105 cm³/mol. The highest BCUT2D eigenvalue weighted by Crippen LogP contribution is 2.11. The van der Waals surface area contributed by atoms with Crippen molar-refractivity contribution in [2.75, 3.05) is 57.1 Å². The quantitative estimate of drug-likeness (QED) is 0.644. The molecule has 0 saturated carbocycles. The summed E-state index contributed by atoms with van der Waals surface area (Å²) in [5, 5.41) is 3.46. The normalized spacial score (nSPS) is 15.1. The zero-order valence-electron chi connectivity index (χ0n) is 15.6. The average molecular weight is 354 g/mol. The molecule has 0 spiro atoms. The molecule has 1 N–H and O–H groups in total. The van der Waals surface area contributed by atoms with E-state index in [-0.39, 0.29) is 0 Å². The maximum atomic E-state index is 4.44. The van der Waals surface area contributed by atoms with Crippen molar-refractivity contribution < 1.29 is 0 Å². The van der Waals surface area contributed by atoms with E-state index >= 15 is 0 Å². The van der Waals surface area contributed by atoms with E-state index < -0.39 is 0 Å². The van der Waals surface area contributed by atoms with Crippen molar-refractivity contribution in [3.8, 4) is 0 Å². The summed E-state index contributed by atoms with van der Waals surface area (Å²) in [4.78, 5) is 23.9. The molecule has 1 aliphatic heterocycles. The SMILES string of the molecule is CN=C(NCc1ccnc(N(C)C)c1)N1CCN(c2ncccn2)CC1. The van der Waals surface area contributed by atoms with E-state index in [1.165, 1.54) is 5.56 Å². The van der Waals surface area contributed by atoms with E-state index in [9.17, 15) is 0 Å². The molecule has 8 nitrogen and oxygen atoms in total. The van der Waals surface area contributed by atoms with Crippen molar-refractivity contribution in [1.29, 1.82) is 0 Å². The van der Waals surface area contributed by atoms with Crippen LogP contribution in [0.4, 0.5) is 11.8 Å². The van der Waals surface area contributed by atoms with Gasteiger partial charge in [0, 0.05) is 72.5 Å². The number of hydrogen-bond acceptors (Lipinski definition) is 6. The number of pyridine rings is 1. The van der Waals surface area contributed by atoms with Crippen LogP contribution in [0.5, 0.6) is 0 Å². The molecule has 0 atom stereocenters. The minimum atomic E-state index is 0.720. The number of nitrogens with one attached hydrogen (secondary N) is 1. The van der Waals surface area contributed by atoms with E-state index in [1.807, 2.05) is 44.4 Å². The maximum absolute atomic E-state index is 4.44. The van der Waals surface area contributed by atoms with Gasteiger partial charge in [0.15, 0.2) is 5.96 Å². The number of rotatable bonds is 4. The van der Waals surface area contributed by atoms with Gasteiger partial charge in [-0.3, -0.25) is 4.99 Å². The Morgan fingerprint density at radius 3 is 2.50 bits per heavy atom. The first-order valence-corrected chi connectivity index (χ1v) is 8.77. The van der Waals surface area contributed by atoms with Crippen LogP contribution >= 0.6 is 0 Å². The predicted octanol–water partition coefficient (Wildman–Crippen LogP) is 0.835. The Kier molecular flexibility index (Phi) is 5.83. The maximum Gasteiger partial charge on any atom is 0.225 e. The number of piperazine rings is 1. The number of aromatic nitrogens is 3. The number of nitrogens with zero attached hydrogens (tertiary/aromatic N) is 7. The molecule has 0 unspecified atom stereocenters. The zero-order chi connectivity index (χ0) is 18.4. The van der Waals surface area contributed by atoms with Gasteiger partial charge in [-0.2, -0.15) is 0 Å². The van der Waals surface area contributed by atoms with Crippen molar-refractivity contribution in [3.05, 3.63) is 42.4 Å². The number of anilines is 2. The van der Waals surface area contributed by atoms with Gasteiger partial charge in [0.2, 0.25) is 5.95 Å². The summed E-state index contributed by atoms with van der Waals surface area (Å²) in [5.74, 6) is 2.67. The number of guanidine groups is 1. The van der Waals surface area contributed by atoms with Crippen LogP contribution in [-0.4, -0.2) is 73.1 Å². The molecule has 1 fully saturated rings. The minimum Gasteiger partial charge on any atom is -0.363 e. The second-order valence-electron chi connectivity index (χ2n) is 6.34. The fourth-order valence-corrected chi connectivity index (χ4v) is 2.90. The van der Waals surface area contributed by atoms with Crippen molar-refractivity contribution >= 4 is 17.7 Å². The van der Waals surface area contributed by atoms with E-state index in [0.717, 1.165) is 50.4 Å². The molecule has 1 saturated heterocycles. The Bertz CT molecular complexity index is 723. The Labute approximate surface area is 154 Å². The first-order chi connectivity index (χ1) is 12.7. The summed E-state index contributed by atoms with van der Waals surface area (Å²) < 4.78 is 0. The van der Waals surface area contributed by atoms with Crippen molar-refractivity contribution in [2.45, 2.75) is 6.54 Å². The Hall–Kier alpha value is -2.90. The van der Waals surface area contributed by atoms with Crippen LogP contribution in [0.1, 0.15) is 5.56 Å². The van der Waals surface area contributed by atoms with E-state index in [0.29, 0.717) is 0 Å². The molecule has 2 aromatic rings. The van der Waals surface area contributed by atoms with Crippen LogP contribution in [0.3, 0.4) is 0 Å². The zero-order valence-corrected chi connectivity index (χ0v) is 15.6. The van der Waals surface area contributed by atoms with E-state index in [4.69, 9.17) is 0 Å². The van der Waals surface area contributed by atoms with Crippen LogP contribution in [-0.2, 0) is 6.54 Å². The lowest BCUT2D eigenvalue weighted by molar-refractivity contribution is 0.370. The lowest BCUT2D eigenvalue weighted by atomic mass is 10.2. The third-order valence-corrected chi connectivity index (χ3v) is 4.34. The fraction of sp³-hybridized carbons (Fsp3) is 0.444. The molecular weight excluding hydrogens is 328 g/mol. The van der Waals surface area contributed by atoms with Crippen LogP contribution in [0.15, 0.2) is 41.8 Å². The minimum absolute atomic E-state index is 0.720. The summed E-state index contributed by atoms with van der Waals surface area (Å²) in [6, 6.07) is 5.95. The fourth-order valence-electron chi connectivity index (χ4n) is 2.90. The van der Waals surface area contributed by atoms with Gasteiger partial charge in [-0.1, -0.05) is 0 Å². The Balaban J connectivity index is 1.55. The van der Waals surface area contributed by atoms with Gasteiger partial charge in [0.05, 0.1) is 0 Å². The van der Waals surface area contributed by atoms with Gasteiger partial charge in [0.1, 0.15) is 5.82 Å². The number of hydrogen-bond donors (Lipinski definition) is 1. The van der Waals surface area contributed by atoms with Crippen molar-refractivity contribution in [3.63, 3.8) is 0 Å². The third-order valence-electron chi connectivity index (χ3n) is 4.34.